The molecule has 0 aromatic carbocycles. The van der Waals surface area contributed by atoms with E-state index in [2.05, 4.69) is 30.6 Å². The molecule has 2 aliphatic heterocycles. The van der Waals surface area contributed by atoms with Crippen LogP contribution in [-0.4, -0.2) is 47.0 Å². The summed E-state index contributed by atoms with van der Waals surface area (Å²) in [6, 6.07) is 3.74. The molecule has 3 heterocycles. The van der Waals surface area contributed by atoms with Gasteiger partial charge in [0.05, 0.1) is 12.0 Å². The van der Waals surface area contributed by atoms with Crippen LogP contribution in [0.3, 0.4) is 0 Å². The number of carbonyl (C=O) groups is 1. The molecule has 0 saturated carbocycles. The molecule has 0 radical (unpaired) electrons. The summed E-state index contributed by atoms with van der Waals surface area (Å²) in [6.07, 6.45) is 3.05. The zero-order valence-electron chi connectivity index (χ0n) is 15.2. The first-order valence-corrected chi connectivity index (χ1v) is 9.02. The fraction of sp³-hybridized carbons (Fsp3) is 0.737. The number of piperidine rings is 1. The van der Waals surface area contributed by atoms with Gasteiger partial charge in [0.15, 0.2) is 0 Å². The molecule has 2 fully saturated rings. The molecule has 24 heavy (non-hydrogen) atoms. The monoisotopic (exact) mass is 334 g/mol. The van der Waals surface area contributed by atoms with Crippen molar-refractivity contribution in [2.75, 3.05) is 26.2 Å². The Morgan fingerprint density at radius 1 is 1.21 bits per heavy atom. The predicted molar refractivity (Wildman–Crippen MR) is 92.2 cm³/mol. The summed E-state index contributed by atoms with van der Waals surface area (Å²) in [5.41, 5.74) is -0.0583. The van der Waals surface area contributed by atoms with E-state index in [1.165, 1.54) is 0 Å². The minimum Gasteiger partial charge on any atom is -0.462 e. The van der Waals surface area contributed by atoms with Gasteiger partial charge in [-0.15, -0.1) is 0 Å². The molecule has 1 N–H and O–H groups in total. The standard InChI is InChI=1S/C19H30N2O3/c1-18(2,3)13-21-9-4-7-19(17(21)23)8-10-20(14-19)11-15-5-6-16(12-22)24-15/h5-6,22H,4,7-14H2,1-3H3/t19-/m1/s1. The molecule has 0 bridgehead atoms. The molecule has 1 spiro atoms. The van der Waals surface area contributed by atoms with Gasteiger partial charge >= 0.3 is 0 Å². The van der Waals surface area contributed by atoms with Gasteiger partial charge < -0.3 is 14.4 Å². The van der Waals surface area contributed by atoms with Gasteiger partial charge in [0.1, 0.15) is 18.1 Å². The molecule has 1 amide bonds. The van der Waals surface area contributed by atoms with Crippen molar-refractivity contribution in [1.82, 2.24) is 9.80 Å². The van der Waals surface area contributed by atoms with E-state index in [1.54, 1.807) is 0 Å². The number of aliphatic hydroxyl groups excluding tert-OH is 1. The summed E-state index contributed by atoms with van der Waals surface area (Å²) in [5, 5.41) is 9.11. The number of aliphatic hydroxyl groups is 1. The third-order valence-electron chi connectivity index (χ3n) is 5.17. The van der Waals surface area contributed by atoms with E-state index in [9.17, 15) is 4.79 Å². The number of likely N-dealkylation sites (tertiary alicyclic amines) is 2. The van der Waals surface area contributed by atoms with Crippen LogP contribution in [0.25, 0.3) is 0 Å². The largest absolute Gasteiger partial charge is 0.462 e. The van der Waals surface area contributed by atoms with Crippen LogP contribution in [0.5, 0.6) is 0 Å². The number of rotatable bonds is 4. The van der Waals surface area contributed by atoms with Crippen molar-refractivity contribution in [3.05, 3.63) is 23.7 Å². The Kier molecular flexibility index (Phi) is 4.76. The molecule has 5 heteroatoms. The maximum absolute atomic E-state index is 13.1. The molecule has 134 valence electrons. The van der Waals surface area contributed by atoms with Crippen LogP contribution in [0.15, 0.2) is 16.5 Å². The maximum Gasteiger partial charge on any atom is 0.230 e. The van der Waals surface area contributed by atoms with Crippen LogP contribution < -0.4 is 0 Å². The Labute approximate surface area is 144 Å². The number of hydrogen-bond donors (Lipinski definition) is 1. The Morgan fingerprint density at radius 2 is 1.96 bits per heavy atom. The molecule has 0 aliphatic carbocycles. The second-order valence-corrected chi connectivity index (χ2v) is 8.66. The van der Waals surface area contributed by atoms with Crippen molar-refractivity contribution >= 4 is 5.91 Å². The fourth-order valence-electron chi connectivity index (χ4n) is 4.16. The second kappa shape index (κ2) is 6.52. The van der Waals surface area contributed by atoms with E-state index in [-0.39, 0.29) is 17.4 Å². The van der Waals surface area contributed by atoms with Crippen molar-refractivity contribution in [3.63, 3.8) is 0 Å². The highest BCUT2D eigenvalue weighted by Gasteiger charge is 2.48. The van der Waals surface area contributed by atoms with Crippen LogP contribution in [0.4, 0.5) is 0 Å². The Bertz CT molecular complexity index is 590. The first kappa shape index (κ1) is 17.5. The van der Waals surface area contributed by atoms with Crippen molar-refractivity contribution in [3.8, 4) is 0 Å². The lowest BCUT2D eigenvalue weighted by atomic mass is 9.77. The molecule has 2 saturated heterocycles. The first-order chi connectivity index (χ1) is 11.3. The summed E-state index contributed by atoms with van der Waals surface area (Å²) in [6.45, 7) is 10.7. The van der Waals surface area contributed by atoms with Crippen molar-refractivity contribution in [2.24, 2.45) is 10.8 Å². The number of furan rings is 1. The molecule has 5 nitrogen and oxygen atoms in total. The van der Waals surface area contributed by atoms with E-state index < -0.39 is 0 Å². The molecule has 1 aromatic rings. The van der Waals surface area contributed by atoms with Gasteiger partial charge in [-0.3, -0.25) is 9.69 Å². The number of amides is 1. The zero-order valence-corrected chi connectivity index (χ0v) is 15.2. The van der Waals surface area contributed by atoms with Crippen molar-refractivity contribution in [1.29, 1.82) is 0 Å². The topological polar surface area (TPSA) is 56.9 Å². The van der Waals surface area contributed by atoms with Gasteiger partial charge in [-0.1, -0.05) is 20.8 Å². The normalized spacial score (nSPS) is 25.8. The Balaban J connectivity index is 1.65. The average molecular weight is 334 g/mol. The second-order valence-electron chi connectivity index (χ2n) is 8.66. The number of hydrogen-bond acceptors (Lipinski definition) is 4. The quantitative estimate of drug-likeness (QED) is 0.920. The summed E-state index contributed by atoms with van der Waals surface area (Å²) in [5.74, 6) is 1.82. The van der Waals surface area contributed by atoms with Gasteiger partial charge in [-0.2, -0.15) is 0 Å². The van der Waals surface area contributed by atoms with E-state index in [1.807, 2.05) is 12.1 Å². The van der Waals surface area contributed by atoms with Crippen LogP contribution in [0.1, 0.15) is 51.6 Å². The van der Waals surface area contributed by atoms with Crippen LogP contribution in [-0.2, 0) is 17.9 Å². The van der Waals surface area contributed by atoms with E-state index in [4.69, 9.17) is 9.52 Å². The van der Waals surface area contributed by atoms with Crippen molar-refractivity contribution < 1.29 is 14.3 Å². The van der Waals surface area contributed by atoms with E-state index in [0.717, 1.165) is 51.2 Å². The highest BCUT2D eigenvalue weighted by molar-refractivity contribution is 5.84. The van der Waals surface area contributed by atoms with Gasteiger partial charge in [-0.25, -0.2) is 0 Å². The zero-order chi connectivity index (χ0) is 17.4. The highest BCUT2D eigenvalue weighted by Crippen LogP contribution is 2.41. The highest BCUT2D eigenvalue weighted by atomic mass is 16.4. The van der Waals surface area contributed by atoms with Gasteiger partial charge in [0.2, 0.25) is 5.91 Å². The number of carbonyl (C=O) groups excluding carboxylic acids is 1. The van der Waals surface area contributed by atoms with Crippen LogP contribution in [0.2, 0.25) is 0 Å². The van der Waals surface area contributed by atoms with Crippen molar-refractivity contribution in [2.45, 2.75) is 53.2 Å². The molecular formula is C19H30N2O3. The molecule has 1 aromatic heterocycles. The van der Waals surface area contributed by atoms with Gasteiger partial charge in [-0.05, 0) is 43.4 Å². The lowest BCUT2D eigenvalue weighted by Gasteiger charge is -2.42. The SMILES string of the molecule is CC(C)(C)CN1CCC[C@]2(CCN(Cc3ccc(CO)o3)C2)C1=O. The molecule has 1 atom stereocenters. The molecular weight excluding hydrogens is 304 g/mol. The summed E-state index contributed by atoms with van der Waals surface area (Å²) in [7, 11) is 0. The average Bonchev–Trinajstić information content (AvgIpc) is 3.11. The molecule has 2 aliphatic rings. The Hall–Kier alpha value is -1.33. The van der Waals surface area contributed by atoms with Crippen LogP contribution >= 0.6 is 0 Å². The third kappa shape index (κ3) is 3.67. The van der Waals surface area contributed by atoms with E-state index in [0.29, 0.717) is 18.2 Å². The fourth-order valence-corrected chi connectivity index (χ4v) is 4.16. The maximum atomic E-state index is 13.1. The minimum atomic E-state index is -0.199. The predicted octanol–water partition coefficient (Wildman–Crippen LogP) is 2.63. The number of nitrogens with zero attached hydrogens (tertiary/aromatic N) is 2. The summed E-state index contributed by atoms with van der Waals surface area (Å²) in [4.78, 5) is 17.5. The molecule has 3 rings (SSSR count). The van der Waals surface area contributed by atoms with Crippen LogP contribution in [0, 0.1) is 10.8 Å². The smallest absolute Gasteiger partial charge is 0.230 e. The minimum absolute atomic E-state index is 0.0653. The van der Waals surface area contributed by atoms with Gasteiger partial charge in [0.25, 0.3) is 0 Å². The first-order valence-electron chi connectivity index (χ1n) is 9.02. The lowest BCUT2D eigenvalue weighted by Crippen LogP contribution is -2.52. The lowest BCUT2D eigenvalue weighted by molar-refractivity contribution is -0.147. The Morgan fingerprint density at radius 3 is 2.62 bits per heavy atom. The molecule has 0 unspecified atom stereocenters. The summed E-state index contributed by atoms with van der Waals surface area (Å²) >= 11 is 0. The van der Waals surface area contributed by atoms with E-state index >= 15 is 0 Å². The third-order valence-corrected chi connectivity index (χ3v) is 5.17. The summed E-state index contributed by atoms with van der Waals surface area (Å²) < 4.78 is 5.60. The van der Waals surface area contributed by atoms with Gasteiger partial charge in [0, 0.05) is 19.6 Å².